The first-order chi connectivity index (χ1) is 9.56. The quantitative estimate of drug-likeness (QED) is 0.801. The molecule has 2 aliphatic rings. The summed E-state index contributed by atoms with van der Waals surface area (Å²) in [5.41, 5.74) is 0. The Hall–Kier alpha value is -1.04. The van der Waals surface area contributed by atoms with E-state index in [1.807, 2.05) is 0 Å². The molecule has 2 unspecified atom stereocenters. The summed E-state index contributed by atoms with van der Waals surface area (Å²) in [6, 6.07) is -0.301. The maximum atomic E-state index is 12.0. The predicted molar refractivity (Wildman–Crippen MR) is 81.7 cm³/mol. The Labute approximate surface area is 124 Å². The van der Waals surface area contributed by atoms with Crippen LogP contribution in [0.1, 0.15) is 39.5 Å². The third-order valence-electron chi connectivity index (χ3n) is 4.20. The molecule has 2 heterocycles. The summed E-state index contributed by atoms with van der Waals surface area (Å²) in [4.78, 5) is 29.2. The van der Waals surface area contributed by atoms with E-state index in [9.17, 15) is 9.59 Å². The summed E-state index contributed by atoms with van der Waals surface area (Å²) < 4.78 is 0. The second-order valence-electron chi connectivity index (χ2n) is 5.41. The Balaban J connectivity index is 1.89. The molecular formula is C14H23N3O2S. The van der Waals surface area contributed by atoms with E-state index < -0.39 is 0 Å². The lowest BCUT2D eigenvalue weighted by molar-refractivity contribution is -0.147. The number of likely N-dealkylation sites (N-methyl/N-ethyl adjacent to an activating group) is 1. The van der Waals surface area contributed by atoms with E-state index >= 15 is 0 Å². The molecule has 6 heteroatoms. The number of amidine groups is 1. The first-order valence-corrected chi connectivity index (χ1v) is 8.22. The van der Waals surface area contributed by atoms with Gasteiger partial charge in [-0.3, -0.25) is 19.5 Å². The van der Waals surface area contributed by atoms with Gasteiger partial charge >= 0.3 is 0 Å². The van der Waals surface area contributed by atoms with Gasteiger partial charge in [-0.15, -0.1) is 0 Å². The van der Waals surface area contributed by atoms with E-state index in [0.717, 1.165) is 24.6 Å². The van der Waals surface area contributed by atoms with Crippen LogP contribution in [-0.2, 0) is 9.59 Å². The number of imide groups is 1. The van der Waals surface area contributed by atoms with Gasteiger partial charge in [-0.05, 0) is 12.3 Å². The molecule has 1 N–H and O–H groups in total. The summed E-state index contributed by atoms with van der Waals surface area (Å²) in [6.07, 6.45) is 3.32. The van der Waals surface area contributed by atoms with Gasteiger partial charge in [0.25, 0.3) is 5.91 Å². The maximum Gasteiger partial charge on any atom is 0.251 e. The van der Waals surface area contributed by atoms with Crippen molar-refractivity contribution in [1.29, 1.82) is 0 Å². The minimum atomic E-state index is -0.301. The Kier molecular flexibility index (Phi) is 5.07. The topological polar surface area (TPSA) is 61.8 Å². The number of nitrogens with one attached hydrogen (secondary N) is 1. The molecule has 0 aromatic rings. The van der Waals surface area contributed by atoms with Crippen molar-refractivity contribution >= 4 is 28.7 Å². The molecule has 112 valence electrons. The molecule has 2 amide bonds. The van der Waals surface area contributed by atoms with Crippen LogP contribution >= 0.6 is 11.8 Å². The van der Waals surface area contributed by atoms with Gasteiger partial charge in [-0.2, -0.15) is 0 Å². The Morgan fingerprint density at radius 1 is 1.40 bits per heavy atom. The number of aliphatic imine (C=N–C) groups is 1. The van der Waals surface area contributed by atoms with Crippen LogP contribution < -0.4 is 5.32 Å². The van der Waals surface area contributed by atoms with Gasteiger partial charge in [0, 0.05) is 18.7 Å². The highest BCUT2D eigenvalue weighted by molar-refractivity contribution is 8.14. The molecule has 1 saturated heterocycles. The van der Waals surface area contributed by atoms with Gasteiger partial charge in [-0.25, -0.2) is 0 Å². The lowest BCUT2D eigenvalue weighted by Gasteiger charge is -2.28. The molecule has 0 saturated carbocycles. The van der Waals surface area contributed by atoms with Crippen molar-refractivity contribution in [3.63, 3.8) is 0 Å². The standard InChI is InChI=1S/C14H23N3O2S/c1-4-9(5-2)11-8-15-14(20-11)16-10-6-7-12(18)17(3)13(10)19/h9-11H,4-8H2,1-3H3,(H,15,16). The van der Waals surface area contributed by atoms with Gasteiger partial charge in [0.2, 0.25) is 5.91 Å². The average molecular weight is 297 g/mol. The minimum Gasteiger partial charge on any atom is -0.353 e. The first-order valence-electron chi connectivity index (χ1n) is 7.34. The molecular weight excluding hydrogens is 274 g/mol. The van der Waals surface area contributed by atoms with Gasteiger partial charge in [0.15, 0.2) is 5.17 Å². The maximum absolute atomic E-state index is 12.0. The largest absolute Gasteiger partial charge is 0.353 e. The third-order valence-corrected chi connectivity index (χ3v) is 5.51. The van der Waals surface area contributed by atoms with Crippen molar-refractivity contribution in [2.75, 3.05) is 13.6 Å². The fourth-order valence-corrected chi connectivity index (χ4v) is 4.10. The number of carbonyl (C=O) groups is 2. The number of piperidine rings is 1. The molecule has 2 aliphatic heterocycles. The number of nitrogens with zero attached hydrogens (tertiary/aromatic N) is 2. The van der Waals surface area contributed by atoms with Crippen LogP contribution in [0.5, 0.6) is 0 Å². The second kappa shape index (κ2) is 6.61. The number of amides is 2. The van der Waals surface area contributed by atoms with Crippen LogP contribution in [-0.4, -0.2) is 46.8 Å². The van der Waals surface area contributed by atoms with Crippen molar-refractivity contribution in [3.05, 3.63) is 0 Å². The number of rotatable bonds is 4. The van der Waals surface area contributed by atoms with Crippen LogP contribution in [0.15, 0.2) is 4.99 Å². The lowest BCUT2D eigenvalue weighted by Crippen LogP contribution is -2.52. The number of hydrogen-bond donors (Lipinski definition) is 1. The van der Waals surface area contributed by atoms with Gasteiger partial charge in [0.1, 0.15) is 6.04 Å². The molecule has 0 radical (unpaired) electrons. The zero-order valence-electron chi connectivity index (χ0n) is 12.4. The third kappa shape index (κ3) is 3.16. The first kappa shape index (κ1) is 15.4. The molecule has 0 aromatic heterocycles. The predicted octanol–water partition coefficient (Wildman–Crippen LogP) is 1.63. The fourth-order valence-electron chi connectivity index (χ4n) is 2.73. The van der Waals surface area contributed by atoms with E-state index in [1.165, 1.54) is 4.90 Å². The SMILES string of the molecule is CCC(CC)C1CN=C(NC2CCC(=O)N(C)C2=O)S1. The zero-order valence-corrected chi connectivity index (χ0v) is 13.2. The highest BCUT2D eigenvalue weighted by atomic mass is 32.2. The molecule has 0 bridgehead atoms. The van der Waals surface area contributed by atoms with Crippen molar-refractivity contribution in [1.82, 2.24) is 10.2 Å². The van der Waals surface area contributed by atoms with Gasteiger partial charge in [-0.1, -0.05) is 38.5 Å². The lowest BCUT2D eigenvalue weighted by atomic mass is 9.99. The van der Waals surface area contributed by atoms with Crippen LogP contribution in [0, 0.1) is 5.92 Å². The molecule has 2 atom stereocenters. The normalized spacial score (nSPS) is 27.2. The summed E-state index contributed by atoms with van der Waals surface area (Å²) in [7, 11) is 1.55. The number of likely N-dealkylation sites (tertiary alicyclic amines) is 1. The summed E-state index contributed by atoms with van der Waals surface area (Å²) in [5.74, 6) is 0.439. The molecule has 0 aliphatic carbocycles. The number of thioether (sulfide) groups is 1. The van der Waals surface area contributed by atoms with Crippen molar-refractivity contribution in [2.45, 2.75) is 50.8 Å². The van der Waals surface area contributed by atoms with Gasteiger partial charge in [0.05, 0.1) is 6.54 Å². The average Bonchev–Trinajstić information content (AvgIpc) is 2.89. The molecule has 5 nitrogen and oxygen atoms in total. The Morgan fingerprint density at radius 3 is 2.75 bits per heavy atom. The highest BCUT2D eigenvalue weighted by Gasteiger charge is 2.34. The van der Waals surface area contributed by atoms with E-state index in [1.54, 1.807) is 18.8 Å². The number of hydrogen-bond acceptors (Lipinski definition) is 5. The van der Waals surface area contributed by atoms with E-state index in [0.29, 0.717) is 24.0 Å². The minimum absolute atomic E-state index is 0.0935. The Bertz CT molecular complexity index is 421. The second-order valence-corrected chi connectivity index (χ2v) is 6.63. The summed E-state index contributed by atoms with van der Waals surface area (Å²) in [6.45, 7) is 5.26. The monoisotopic (exact) mass is 297 g/mol. The summed E-state index contributed by atoms with van der Waals surface area (Å²) in [5, 5.41) is 4.60. The molecule has 0 spiro atoms. The summed E-state index contributed by atoms with van der Waals surface area (Å²) >= 11 is 1.75. The van der Waals surface area contributed by atoms with E-state index in [4.69, 9.17) is 0 Å². The molecule has 20 heavy (non-hydrogen) atoms. The van der Waals surface area contributed by atoms with Crippen LogP contribution in [0.3, 0.4) is 0 Å². The van der Waals surface area contributed by atoms with E-state index in [2.05, 4.69) is 24.2 Å². The molecule has 1 fully saturated rings. The highest BCUT2D eigenvalue weighted by Crippen LogP contribution is 2.30. The molecule has 0 aromatic carbocycles. The van der Waals surface area contributed by atoms with Crippen LogP contribution in [0.25, 0.3) is 0 Å². The van der Waals surface area contributed by atoms with Crippen LogP contribution in [0.4, 0.5) is 0 Å². The van der Waals surface area contributed by atoms with Gasteiger partial charge < -0.3 is 5.32 Å². The Morgan fingerprint density at radius 2 is 2.10 bits per heavy atom. The molecule has 2 rings (SSSR count). The van der Waals surface area contributed by atoms with Crippen molar-refractivity contribution in [2.24, 2.45) is 10.9 Å². The smallest absolute Gasteiger partial charge is 0.251 e. The zero-order chi connectivity index (χ0) is 14.7. The van der Waals surface area contributed by atoms with Crippen LogP contribution in [0.2, 0.25) is 0 Å². The fraction of sp³-hybridized carbons (Fsp3) is 0.786. The van der Waals surface area contributed by atoms with Crippen molar-refractivity contribution in [3.8, 4) is 0 Å². The van der Waals surface area contributed by atoms with Crippen molar-refractivity contribution < 1.29 is 9.59 Å². The van der Waals surface area contributed by atoms with E-state index in [-0.39, 0.29) is 17.9 Å². The number of carbonyl (C=O) groups excluding carboxylic acids is 2.